The molecule has 0 aromatic heterocycles. The van der Waals surface area contributed by atoms with Gasteiger partial charge in [-0.15, -0.1) is 0 Å². The molecule has 128 valence electrons. The molecule has 3 aliphatic rings. The highest BCUT2D eigenvalue weighted by Crippen LogP contribution is 2.58. The number of hydrogen-bond acceptors (Lipinski definition) is 3. The Labute approximate surface area is 132 Å². The van der Waals surface area contributed by atoms with Crippen LogP contribution >= 0.6 is 0 Å². The molecule has 0 radical (unpaired) electrons. The van der Waals surface area contributed by atoms with E-state index in [1.807, 2.05) is 20.8 Å². The predicted octanol–water partition coefficient (Wildman–Crippen LogP) is 2.68. The Balaban J connectivity index is 1.84. The van der Waals surface area contributed by atoms with Gasteiger partial charge in [0, 0.05) is 11.5 Å². The van der Waals surface area contributed by atoms with Crippen molar-refractivity contribution in [3.8, 4) is 0 Å². The highest BCUT2D eigenvalue weighted by atomic mass is 19.4. The van der Waals surface area contributed by atoms with Crippen LogP contribution in [0.15, 0.2) is 12.2 Å². The van der Waals surface area contributed by atoms with Crippen molar-refractivity contribution in [1.82, 2.24) is 4.90 Å². The summed E-state index contributed by atoms with van der Waals surface area (Å²) in [6.07, 6.45) is -4.16. The first-order valence-corrected chi connectivity index (χ1v) is 7.73. The third kappa shape index (κ3) is 2.35. The number of halogens is 3. The van der Waals surface area contributed by atoms with E-state index in [9.17, 15) is 22.8 Å². The zero-order chi connectivity index (χ0) is 17.3. The van der Waals surface area contributed by atoms with Crippen molar-refractivity contribution >= 4 is 11.9 Å². The van der Waals surface area contributed by atoms with Gasteiger partial charge in [0.25, 0.3) is 0 Å². The van der Waals surface area contributed by atoms with E-state index in [0.717, 1.165) is 6.42 Å². The fraction of sp³-hybridized carbons (Fsp3) is 0.750. The molecule has 4 nitrogen and oxygen atoms in total. The van der Waals surface area contributed by atoms with E-state index >= 15 is 0 Å². The summed E-state index contributed by atoms with van der Waals surface area (Å²) in [7, 11) is 0. The van der Waals surface area contributed by atoms with Crippen molar-refractivity contribution in [3.63, 3.8) is 0 Å². The number of hydrogen-bond donors (Lipinski definition) is 0. The smallest absolute Gasteiger partial charge is 0.422 e. The number of fused-ring (bicyclic) bond motifs is 1. The fourth-order valence-electron chi connectivity index (χ4n) is 4.48. The molecule has 3 rings (SSSR count). The predicted molar refractivity (Wildman–Crippen MR) is 75.2 cm³/mol. The molecule has 5 atom stereocenters. The largest absolute Gasteiger partial charge is 0.456 e. The van der Waals surface area contributed by atoms with Crippen LogP contribution in [0.25, 0.3) is 0 Å². The van der Waals surface area contributed by atoms with Crippen molar-refractivity contribution in [2.24, 2.45) is 17.8 Å². The Morgan fingerprint density at radius 1 is 1.26 bits per heavy atom. The zero-order valence-corrected chi connectivity index (χ0v) is 13.3. The average molecular weight is 331 g/mol. The van der Waals surface area contributed by atoms with Crippen LogP contribution in [0.5, 0.6) is 0 Å². The van der Waals surface area contributed by atoms with Crippen LogP contribution in [-0.4, -0.2) is 40.6 Å². The number of alkyl halides is 3. The highest BCUT2D eigenvalue weighted by Gasteiger charge is 2.66. The molecule has 5 unspecified atom stereocenters. The summed E-state index contributed by atoms with van der Waals surface area (Å²) in [6, 6.07) is -0.323. The normalized spacial score (nSPS) is 35.8. The standard InChI is InChI=1S/C16H20F3NO3/c1-7(16(17,18)19)14(22)23-12-8-5-9-10(6-8)13(21)20(11(9)12)15(2,3)4/h8-12H,1,5-6H2,2-4H3. The van der Waals surface area contributed by atoms with E-state index in [4.69, 9.17) is 4.74 Å². The second-order valence-electron chi connectivity index (χ2n) is 7.72. The molecule has 2 aliphatic carbocycles. The Morgan fingerprint density at radius 3 is 2.39 bits per heavy atom. The number of carbonyl (C=O) groups is 2. The summed E-state index contributed by atoms with van der Waals surface area (Å²) in [5, 5.41) is 0. The van der Waals surface area contributed by atoms with Gasteiger partial charge in [-0.3, -0.25) is 4.79 Å². The summed E-state index contributed by atoms with van der Waals surface area (Å²) >= 11 is 0. The van der Waals surface area contributed by atoms with Crippen LogP contribution < -0.4 is 0 Å². The van der Waals surface area contributed by atoms with Crippen LogP contribution in [0, 0.1) is 17.8 Å². The Kier molecular flexibility index (Phi) is 3.36. The van der Waals surface area contributed by atoms with Gasteiger partial charge in [0.1, 0.15) is 11.7 Å². The van der Waals surface area contributed by atoms with E-state index in [1.54, 1.807) is 4.90 Å². The monoisotopic (exact) mass is 331 g/mol. The molecule has 23 heavy (non-hydrogen) atoms. The zero-order valence-electron chi connectivity index (χ0n) is 13.3. The maximum absolute atomic E-state index is 12.6. The number of carbonyl (C=O) groups excluding carboxylic acids is 2. The third-order valence-corrected chi connectivity index (χ3v) is 5.30. The molecule has 2 bridgehead atoms. The molecular formula is C16H20F3NO3. The van der Waals surface area contributed by atoms with Gasteiger partial charge in [-0.1, -0.05) is 6.58 Å². The molecule has 7 heteroatoms. The van der Waals surface area contributed by atoms with Gasteiger partial charge in [0.15, 0.2) is 0 Å². The number of esters is 1. The van der Waals surface area contributed by atoms with Gasteiger partial charge in [0.05, 0.1) is 6.04 Å². The molecular weight excluding hydrogens is 311 g/mol. The van der Waals surface area contributed by atoms with E-state index in [2.05, 4.69) is 6.58 Å². The van der Waals surface area contributed by atoms with Crippen molar-refractivity contribution in [2.45, 2.75) is 57.5 Å². The lowest BCUT2D eigenvalue weighted by Gasteiger charge is -2.39. The average Bonchev–Trinajstić information content (AvgIpc) is 2.99. The third-order valence-electron chi connectivity index (χ3n) is 5.30. The molecule has 0 spiro atoms. The molecule has 1 aliphatic heterocycles. The maximum atomic E-state index is 12.6. The van der Waals surface area contributed by atoms with Crippen molar-refractivity contribution < 1.29 is 27.5 Å². The molecule has 1 amide bonds. The highest BCUT2D eigenvalue weighted by molar-refractivity contribution is 5.90. The fourth-order valence-corrected chi connectivity index (χ4v) is 4.48. The van der Waals surface area contributed by atoms with Crippen LogP contribution in [0.4, 0.5) is 13.2 Å². The number of ether oxygens (including phenoxy) is 1. The second-order valence-corrected chi connectivity index (χ2v) is 7.72. The number of nitrogens with zero attached hydrogens (tertiary/aromatic N) is 1. The molecule has 1 saturated heterocycles. The van der Waals surface area contributed by atoms with Gasteiger partial charge in [-0.2, -0.15) is 13.2 Å². The molecule has 1 heterocycles. The van der Waals surface area contributed by atoms with E-state index in [1.165, 1.54) is 0 Å². The van der Waals surface area contributed by atoms with E-state index in [-0.39, 0.29) is 29.7 Å². The van der Waals surface area contributed by atoms with Crippen LogP contribution in [-0.2, 0) is 14.3 Å². The summed E-state index contributed by atoms with van der Waals surface area (Å²) in [4.78, 5) is 26.1. The molecule has 3 fully saturated rings. The number of rotatable bonds is 2. The first-order chi connectivity index (χ1) is 10.4. The lowest BCUT2D eigenvalue weighted by Crippen LogP contribution is -2.52. The minimum Gasteiger partial charge on any atom is -0.456 e. The van der Waals surface area contributed by atoms with Crippen molar-refractivity contribution in [2.75, 3.05) is 0 Å². The summed E-state index contributed by atoms with van der Waals surface area (Å²) < 4.78 is 43.0. The van der Waals surface area contributed by atoms with Crippen LogP contribution in [0.1, 0.15) is 33.6 Å². The number of amides is 1. The second kappa shape index (κ2) is 4.74. The van der Waals surface area contributed by atoms with Crippen molar-refractivity contribution in [1.29, 1.82) is 0 Å². The van der Waals surface area contributed by atoms with Crippen LogP contribution in [0.2, 0.25) is 0 Å². The van der Waals surface area contributed by atoms with E-state index in [0.29, 0.717) is 6.42 Å². The van der Waals surface area contributed by atoms with Gasteiger partial charge < -0.3 is 9.64 Å². The minimum atomic E-state index is -4.80. The lowest BCUT2D eigenvalue weighted by molar-refractivity contribution is -0.162. The molecule has 0 aromatic rings. The Morgan fingerprint density at radius 2 is 1.87 bits per heavy atom. The van der Waals surface area contributed by atoms with E-state index < -0.39 is 29.4 Å². The van der Waals surface area contributed by atoms with Gasteiger partial charge in [-0.25, -0.2) is 4.79 Å². The van der Waals surface area contributed by atoms with Gasteiger partial charge in [0.2, 0.25) is 5.91 Å². The Hall–Kier alpha value is -1.53. The maximum Gasteiger partial charge on any atom is 0.422 e. The van der Waals surface area contributed by atoms with Gasteiger partial charge in [-0.05, 0) is 45.4 Å². The molecule has 0 N–H and O–H groups in total. The Bertz CT molecular complexity index is 578. The quantitative estimate of drug-likeness (QED) is 0.577. The van der Waals surface area contributed by atoms with Gasteiger partial charge >= 0.3 is 12.1 Å². The summed E-state index contributed by atoms with van der Waals surface area (Å²) in [6.45, 7) is 8.45. The first-order valence-electron chi connectivity index (χ1n) is 7.73. The summed E-state index contributed by atoms with van der Waals surface area (Å²) in [5.41, 5.74) is -1.96. The SMILES string of the molecule is C=C(C(=O)OC1C2CC3C(=O)N(C(C)(C)C)C1C3C2)C(F)(F)F. The van der Waals surface area contributed by atoms with Crippen LogP contribution in [0.3, 0.4) is 0 Å². The lowest BCUT2D eigenvalue weighted by atomic mass is 9.87. The molecule has 2 saturated carbocycles. The first kappa shape index (κ1) is 16.3. The van der Waals surface area contributed by atoms with Crippen molar-refractivity contribution in [3.05, 3.63) is 12.2 Å². The summed E-state index contributed by atoms with van der Waals surface area (Å²) in [5.74, 6) is -1.45. The topological polar surface area (TPSA) is 46.6 Å². The minimum absolute atomic E-state index is 0.0307. The molecule has 0 aromatic carbocycles. The number of likely N-dealkylation sites (tertiary alicyclic amines) is 1.